The molecule has 94 valence electrons. The Labute approximate surface area is 103 Å². The van der Waals surface area contributed by atoms with Gasteiger partial charge in [-0.15, -0.1) is 0 Å². The van der Waals surface area contributed by atoms with E-state index in [1.165, 1.54) is 5.56 Å². The Bertz CT molecular complexity index is 341. The molecule has 3 unspecified atom stereocenters. The van der Waals surface area contributed by atoms with E-state index >= 15 is 0 Å². The fourth-order valence-corrected chi connectivity index (χ4v) is 2.63. The average molecular weight is 235 g/mol. The SMILES string of the molecule is CC1CN(Cc2ccccc2)CC(CO)C1O. The third kappa shape index (κ3) is 3.06. The van der Waals surface area contributed by atoms with Crippen molar-refractivity contribution in [3.63, 3.8) is 0 Å². The van der Waals surface area contributed by atoms with Crippen molar-refractivity contribution in [2.24, 2.45) is 11.8 Å². The molecular formula is C14H21NO2. The number of nitrogens with zero attached hydrogens (tertiary/aromatic N) is 1. The second-order valence-corrected chi connectivity index (χ2v) is 5.09. The molecule has 1 saturated heterocycles. The molecule has 1 aromatic rings. The van der Waals surface area contributed by atoms with E-state index in [1.807, 2.05) is 25.1 Å². The first-order chi connectivity index (χ1) is 8.20. The number of aliphatic hydroxyl groups is 2. The van der Waals surface area contributed by atoms with Crippen LogP contribution in [0.25, 0.3) is 0 Å². The molecule has 0 aliphatic carbocycles. The van der Waals surface area contributed by atoms with Gasteiger partial charge in [-0.1, -0.05) is 37.3 Å². The van der Waals surface area contributed by atoms with Crippen LogP contribution in [0.3, 0.4) is 0 Å². The quantitative estimate of drug-likeness (QED) is 0.825. The van der Waals surface area contributed by atoms with Crippen LogP contribution >= 0.6 is 0 Å². The van der Waals surface area contributed by atoms with Crippen molar-refractivity contribution in [2.45, 2.75) is 19.6 Å². The van der Waals surface area contributed by atoms with Gasteiger partial charge >= 0.3 is 0 Å². The molecule has 0 spiro atoms. The summed E-state index contributed by atoms with van der Waals surface area (Å²) in [6.07, 6.45) is -0.368. The van der Waals surface area contributed by atoms with Crippen LogP contribution in [0.5, 0.6) is 0 Å². The minimum atomic E-state index is -0.368. The van der Waals surface area contributed by atoms with Gasteiger partial charge in [0.15, 0.2) is 0 Å². The summed E-state index contributed by atoms with van der Waals surface area (Å²) < 4.78 is 0. The largest absolute Gasteiger partial charge is 0.396 e. The van der Waals surface area contributed by atoms with Gasteiger partial charge in [-0.05, 0) is 11.5 Å². The van der Waals surface area contributed by atoms with Crippen LogP contribution in [0, 0.1) is 11.8 Å². The molecule has 0 bridgehead atoms. The lowest BCUT2D eigenvalue weighted by Gasteiger charge is -2.39. The molecule has 2 N–H and O–H groups in total. The fourth-order valence-electron chi connectivity index (χ4n) is 2.63. The number of benzene rings is 1. The number of aliphatic hydroxyl groups excluding tert-OH is 2. The predicted molar refractivity (Wildman–Crippen MR) is 67.5 cm³/mol. The first-order valence-electron chi connectivity index (χ1n) is 6.26. The summed E-state index contributed by atoms with van der Waals surface area (Å²) in [4.78, 5) is 2.31. The summed E-state index contributed by atoms with van der Waals surface area (Å²) in [5.41, 5.74) is 1.28. The van der Waals surface area contributed by atoms with Gasteiger partial charge in [0.25, 0.3) is 0 Å². The number of rotatable bonds is 3. The van der Waals surface area contributed by atoms with Crippen molar-refractivity contribution >= 4 is 0 Å². The van der Waals surface area contributed by atoms with Gasteiger partial charge < -0.3 is 10.2 Å². The molecule has 0 aromatic heterocycles. The molecule has 0 amide bonds. The van der Waals surface area contributed by atoms with Crippen LogP contribution in [0.15, 0.2) is 30.3 Å². The number of hydrogen-bond donors (Lipinski definition) is 2. The lowest BCUT2D eigenvalue weighted by atomic mass is 9.87. The topological polar surface area (TPSA) is 43.7 Å². The van der Waals surface area contributed by atoms with Crippen molar-refractivity contribution in [3.05, 3.63) is 35.9 Å². The third-order valence-electron chi connectivity index (χ3n) is 3.59. The van der Waals surface area contributed by atoms with Gasteiger partial charge in [0.2, 0.25) is 0 Å². The van der Waals surface area contributed by atoms with Crippen molar-refractivity contribution in [1.82, 2.24) is 4.90 Å². The van der Waals surface area contributed by atoms with Crippen LogP contribution in [0.2, 0.25) is 0 Å². The highest BCUT2D eigenvalue weighted by molar-refractivity contribution is 5.14. The Hall–Kier alpha value is -0.900. The lowest BCUT2D eigenvalue weighted by Crippen LogP contribution is -2.49. The molecule has 3 heteroatoms. The Morgan fingerprint density at radius 1 is 1.24 bits per heavy atom. The molecule has 1 aliphatic rings. The second kappa shape index (κ2) is 5.63. The lowest BCUT2D eigenvalue weighted by molar-refractivity contribution is -0.0378. The van der Waals surface area contributed by atoms with Crippen molar-refractivity contribution in [3.8, 4) is 0 Å². The Morgan fingerprint density at radius 3 is 2.59 bits per heavy atom. The molecule has 0 radical (unpaired) electrons. The summed E-state index contributed by atoms with van der Waals surface area (Å²) in [7, 11) is 0. The van der Waals surface area contributed by atoms with E-state index in [0.29, 0.717) is 0 Å². The fraction of sp³-hybridized carbons (Fsp3) is 0.571. The van der Waals surface area contributed by atoms with Gasteiger partial charge in [-0.25, -0.2) is 0 Å². The standard InChI is InChI=1S/C14H21NO2/c1-11-7-15(9-13(10-16)14(11)17)8-12-5-3-2-4-6-12/h2-6,11,13-14,16-17H,7-10H2,1H3. The van der Waals surface area contributed by atoms with Crippen LogP contribution in [0.1, 0.15) is 12.5 Å². The first-order valence-corrected chi connectivity index (χ1v) is 6.26. The second-order valence-electron chi connectivity index (χ2n) is 5.09. The molecule has 1 heterocycles. The molecule has 3 atom stereocenters. The highest BCUT2D eigenvalue weighted by Crippen LogP contribution is 2.23. The maximum atomic E-state index is 9.93. The molecule has 0 saturated carbocycles. The maximum absolute atomic E-state index is 9.93. The predicted octanol–water partition coefficient (Wildman–Crippen LogP) is 1.11. The van der Waals surface area contributed by atoms with Crippen LogP contribution in [0.4, 0.5) is 0 Å². The summed E-state index contributed by atoms with van der Waals surface area (Å²) in [5.74, 6) is 0.215. The van der Waals surface area contributed by atoms with Crippen LogP contribution in [-0.2, 0) is 6.54 Å². The number of hydrogen-bond acceptors (Lipinski definition) is 3. The number of likely N-dealkylation sites (tertiary alicyclic amines) is 1. The average Bonchev–Trinajstić information content (AvgIpc) is 2.35. The van der Waals surface area contributed by atoms with Crippen molar-refractivity contribution in [1.29, 1.82) is 0 Å². The Morgan fingerprint density at radius 2 is 1.94 bits per heavy atom. The van der Waals surface area contributed by atoms with Gasteiger partial charge in [0.1, 0.15) is 0 Å². The Balaban J connectivity index is 1.98. The summed E-state index contributed by atoms with van der Waals surface area (Å²) >= 11 is 0. The summed E-state index contributed by atoms with van der Waals surface area (Å²) in [6.45, 7) is 4.68. The van der Waals surface area contributed by atoms with Gasteiger partial charge in [-0.3, -0.25) is 4.90 Å². The molecule has 1 aromatic carbocycles. The maximum Gasteiger partial charge on any atom is 0.0640 e. The molecular weight excluding hydrogens is 214 g/mol. The molecule has 1 aliphatic heterocycles. The highest BCUT2D eigenvalue weighted by Gasteiger charge is 2.32. The minimum Gasteiger partial charge on any atom is -0.396 e. The summed E-state index contributed by atoms with van der Waals surface area (Å²) in [5, 5.41) is 19.2. The van der Waals surface area contributed by atoms with Gasteiger partial charge in [0.05, 0.1) is 6.10 Å². The van der Waals surface area contributed by atoms with Crippen LogP contribution in [-0.4, -0.2) is 40.9 Å². The zero-order valence-corrected chi connectivity index (χ0v) is 10.3. The molecule has 1 fully saturated rings. The number of piperidine rings is 1. The summed E-state index contributed by atoms with van der Waals surface area (Å²) in [6, 6.07) is 10.3. The smallest absolute Gasteiger partial charge is 0.0640 e. The minimum absolute atomic E-state index is 0.0116. The Kier molecular flexibility index (Phi) is 4.15. The third-order valence-corrected chi connectivity index (χ3v) is 3.59. The first kappa shape index (κ1) is 12.6. The van der Waals surface area contributed by atoms with Crippen LogP contribution < -0.4 is 0 Å². The van der Waals surface area contributed by atoms with E-state index in [4.69, 9.17) is 0 Å². The zero-order valence-electron chi connectivity index (χ0n) is 10.3. The van der Waals surface area contributed by atoms with E-state index in [1.54, 1.807) is 0 Å². The van der Waals surface area contributed by atoms with Gasteiger partial charge in [-0.2, -0.15) is 0 Å². The van der Waals surface area contributed by atoms with E-state index in [0.717, 1.165) is 19.6 Å². The highest BCUT2D eigenvalue weighted by atomic mass is 16.3. The monoisotopic (exact) mass is 235 g/mol. The molecule has 2 rings (SSSR count). The molecule has 17 heavy (non-hydrogen) atoms. The molecule has 3 nitrogen and oxygen atoms in total. The van der Waals surface area contributed by atoms with E-state index in [2.05, 4.69) is 17.0 Å². The van der Waals surface area contributed by atoms with E-state index < -0.39 is 0 Å². The van der Waals surface area contributed by atoms with E-state index in [-0.39, 0.29) is 24.5 Å². The van der Waals surface area contributed by atoms with E-state index in [9.17, 15) is 10.2 Å². The zero-order chi connectivity index (χ0) is 12.3. The normalized spacial score (nSPS) is 30.4. The van der Waals surface area contributed by atoms with Crippen molar-refractivity contribution in [2.75, 3.05) is 19.7 Å². The van der Waals surface area contributed by atoms with Crippen molar-refractivity contribution < 1.29 is 10.2 Å². The van der Waals surface area contributed by atoms with Gasteiger partial charge in [0, 0.05) is 32.2 Å².